The number of aromatic nitrogens is 2. The number of methoxy groups -OCH3 is 1. The minimum absolute atomic E-state index is 0.0190. The lowest BCUT2D eigenvalue weighted by atomic mass is 9.65. The predicted octanol–water partition coefficient (Wildman–Crippen LogP) is 6.44. The summed E-state index contributed by atoms with van der Waals surface area (Å²) in [6.07, 6.45) is 3.37. The molecule has 1 aliphatic rings. The first-order valence-corrected chi connectivity index (χ1v) is 14.0. The molecule has 3 aromatic rings. The van der Waals surface area contributed by atoms with Crippen LogP contribution in [0.4, 0.5) is 9.18 Å². The summed E-state index contributed by atoms with van der Waals surface area (Å²) in [7, 11) is 7.14. The van der Waals surface area contributed by atoms with E-state index in [0.717, 1.165) is 53.9 Å². The van der Waals surface area contributed by atoms with Gasteiger partial charge in [0, 0.05) is 39.4 Å². The van der Waals surface area contributed by atoms with Crippen molar-refractivity contribution >= 4 is 28.7 Å². The lowest BCUT2D eigenvalue weighted by molar-refractivity contribution is -0.0539. The number of benzene rings is 2. The minimum Gasteiger partial charge on any atom is -0.494 e. The van der Waals surface area contributed by atoms with Gasteiger partial charge in [0.1, 0.15) is 28.5 Å². The normalized spacial score (nSPS) is 19.0. The second kappa shape index (κ2) is 12.1. The molecule has 1 aromatic heterocycles. The molecule has 1 amide bonds. The number of carbonyl (C=O) groups is 1. The summed E-state index contributed by atoms with van der Waals surface area (Å²) >= 11 is 6.35. The Labute approximate surface area is 235 Å². The lowest BCUT2D eigenvalue weighted by Gasteiger charge is -2.47. The SMILES string of the molecule is COc1ccc(Cl)c2[nH]c(CCCN(C)CC[C@@]3(OC(=O)N(C)C)CCc4cc(F)ccc4[C@@H]3C(C)C)nc12. The molecule has 0 radical (unpaired) electrons. The largest absolute Gasteiger partial charge is 0.494 e. The number of nitrogens with one attached hydrogen (secondary N) is 1. The van der Waals surface area contributed by atoms with Gasteiger partial charge in [-0.2, -0.15) is 0 Å². The fourth-order valence-corrected chi connectivity index (χ4v) is 6.13. The number of hydrogen-bond donors (Lipinski definition) is 1. The van der Waals surface area contributed by atoms with Crippen molar-refractivity contribution in [3.05, 3.63) is 58.1 Å². The van der Waals surface area contributed by atoms with E-state index < -0.39 is 5.60 Å². The molecule has 0 bridgehead atoms. The van der Waals surface area contributed by atoms with Gasteiger partial charge in [0.15, 0.2) is 0 Å². The molecule has 2 atom stereocenters. The highest BCUT2D eigenvalue weighted by Gasteiger charge is 2.48. The summed E-state index contributed by atoms with van der Waals surface area (Å²) in [5, 5.41) is 0.621. The molecule has 4 rings (SSSR count). The number of carbonyl (C=O) groups excluding carboxylic acids is 1. The third kappa shape index (κ3) is 6.33. The van der Waals surface area contributed by atoms with Crippen molar-refractivity contribution in [2.24, 2.45) is 5.92 Å². The molecule has 0 unspecified atom stereocenters. The topological polar surface area (TPSA) is 70.7 Å². The molecule has 1 N–H and O–H groups in total. The molecule has 0 spiro atoms. The van der Waals surface area contributed by atoms with E-state index in [1.165, 1.54) is 11.0 Å². The zero-order valence-electron chi connectivity index (χ0n) is 23.8. The van der Waals surface area contributed by atoms with Gasteiger partial charge in [0.05, 0.1) is 17.6 Å². The Bertz CT molecular complexity index is 1310. The van der Waals surface area contributed by atoms with E-state index in [1.54, 1.807) is 27.3 Å². The van der Waals surface area contributed by atoms with Crippen LogP contribution in [0.5, 0.6) is 5.75 Å². The summed E-state index contributed by atoms with van der Waals surface area (Å²) < 4.78 is 25.8. The zero-order chi connectivity index (χ0) is 28.3. The zero-order valence-corrected chi connectivity index (χ0v) is 24.6. The number of H-pyrrole nitrogens is 1. The van der Waals surface area contributed by atoms with Crippen molar-refractivity contribution in [1.29, 1.82) is 0 Å². The van der Waals surface area contributed by atoms with Crippen LogP contribution in [0.1, 0.15) is 56.0 Å². The average Bonchev–Trinajstić information content (AvgIpc) is 3.32. The Kier molecular flexibility index (Phi) is 9.07. The van der Waals surface area contributed by atoms with E-state index in [1.807, 2.05) is 18.2 Å². The number of ether oxygens (including phenoxy) is 2. The highest BCUT2D eigenvalue weighted by atomic mass is 35.5. The maximum Gasteiger partial charge on any atom is 0.409 e. The highest BCUT2D eigenvalue weighted by Crippen LogP contribution is 2.48. The number of nitrogens with zero attached hydrogens (tertiary/aromatic N) is 3. The molecular weight excluding hydrogens is 519 g/mol. The summed E-state index contributed by atoms with van der Waals surface area (Å²) in [6, 6.07) is 8.67. The molecule has 2 aromatic carbocycles. The van der Waals surface area contributed by atoms with Crippen molar-refractivity contribution in [1.82, 2.24) is 19.8 Å². The number of halogens is 2. The summed E-state index contributed by atoms with van der Waals surface area (Å²) in [4.78, 5) is 24.7. The van der Waals surface area contributed by atoms with Crippen LogP contribution in [0.3, 0.4) is 0 Å². The molecule has 1 aliphatic carbocycles. The number of aryl methyl sites for hydroxylation is 2. The smallest absolute Gasteiger partial charge is 0.409 e. The van der Waals surface area contributed by atoms with Crippen molar-refractivity contribution in [2.45, 2.75) is 57.5 Å². The molecule has 9 heteroatoms. The van der Waals surface area contributed by atoms with Crippen LogP contribution in [0.15, 0.2) is 30.3 Å². The van der Waals surface area contributed by atoms with E-state index in [-0.39, 0.29) is 23.7 Å². The van der Waals surface area contributed by atoms with Gasteiger partial charge in [-0.3, -0.25) is 0 Å². The van der Waals surface area contributed by atoms with Crippen molar-refractivity contribution in [3.63, 3.8) is 0 Å². The molecule has 0 aliphatic heterocycles. The Morgan fingerprint density at radius 2 is 2.00 bits per heavy atom. The van der Waals surface area contributed by atoms with Crippen LogP contribution in [0.25, 0.3) is 11.0 Å². The first kappa shape index (κ1) is 29.2. The van der Waals surface area contributed by atoms with Crippen LogP contribution in [-0.4, -0.2) is 72.8 Å². The van der Waals surface area contributed by atoms with E-state index in [2.05, 4.69) is 30.8 Å². The van der Waals surface area contributed by atoms with Gasteiger partial charge in [0.2, 0.25) is 0 Å². The van der Waals surface area contributed by atoms with Gasteiger partial charge in [-0.15, -0.1) is 0 Å². The van der Waals surface area contributed by atoms with Crippen LogP contribution in [0, 0.1) is 11.7 Å². The quantitative estimate of drug-likeness (QED) is 0.310. The number of amides is 1. The summed E-state index contributed by atoms with van der Waals surface area (Å²) in [5.74, 6) is 1.54. The average molecular weight is 559 g/mol. The molecular formula is C30H40ClFN4O3. The molecule has 39 heavy (non-hydrogen) atoms. The van der Waals surface area contributed by atoms with Gasteiger partial charge >= 0.3 is 6.09 Å². The van der Waals surface area contributed by atoms with Crippen LogP contribution in [0.2, 0.25) is 5.02 Å². The molecule has 1 heterocycles. The molecule has 0 fully saturated rings. The first-order chi connectivity index (χ1) is 18.5. The van der Waals surface area contributed by atoms with Crippen LogP contribution >= 0.6 is 11.6 Å². The monoisotopic (exact) mass is 558 g/mol. The highest BCUT2D eigenvalue weighted by molar-refractivity contribution is 6.35. The number of rotatable bonds is 10. The van der Waals surface area contributed by atoms with E-state index in [9.17, 15) is 9.18 Å². The Hall–Kier alpha value is -2.84. The van der Waals surface area contributed by atoms with Gasteiger partial charge in [-0.25, -0.2) is 14.2 Å². The van der Waals surface area contributed by atoms with Crippen molar-refractivity contribution in [2.75, 3.05) is 41.3 Å². The number of hydrogen-bond acceptors (Lipinski definition) is 5. The van der Waals surface area contributed by atoms with E-state index >= 15 is 0 Å². The van der Waals surface area contributed by atoms with Crippen molar-refractivity contribution < 1.29 is 18.7 Å². The van der Waals surface area contributed by atoms with Crippen LogP contribution in [-0.2, 0) is 17.6 Å². The second-order valence-electron chi connectivity index (χ2n) is 11.2. The van der Waals surface area contributed by atoms with Gasteiger partial charge in [-0.1, -0.05) is 31.5 Å². The molecule has 212 valence electrons. The van der Waals surface area contributed by atoms with Gasteiger partial charge < -0.3 is 24.3 Å². The first-order valence-electron chi connectivity index (χ1n) is 13.6. The Morgan fingerprint density at radius 3 is 2.69 bits per heavy atom. The van der Waals surface area contributed by atoms with E-state index in [4.69, 9.17) is 26.1 Å². The number of imidazole rings is 1. The maximum absolute atomic E-state index is 14.0. The second-order valence-corrected chi connectivity index (χ2v) is 11.6. The van der Waals surface area contributed by atoms with E-state index in [0.29, 0.717) is 30.0 Å². The van der Waals surface area contributed by atoms with Crippen LogP contribution < -0.4 is 4.74 Å². The predicted molar refractivity (Wildman–Crippen MR) is 153 cm³/mol. The number of fused-ring (bicyclic) bond motifs is 2. The lowest BCUT2D eigenvalue weighted by Crippen LogP contribution is -2.50. The third-order valence-electron chi connectivity index (χ3n) is 7.84. The van der Waals surface area contributed by atoms with Gasteiger partial charge in [-0.05, 0) is 74.2 Å². The fourth-order valence-electron chi connectivity index (χ4n) is 5.93. The number of aromatic amines is 1. The summed E-state index contributed by atoms with van der Waals surface area (Å²) in [5.41, 5.74) is 2.98. The van der Waals surface area contributed by atoms with Gasteiger partial charge in [0.25, 0.3) is 0 Å². The Balaban J connectivity index is 1.45. The maximum atomic E-state index is 14.0. The molecule has 7 nitrogen and oxygen atoms in total. The third-order valence-corrected chi connectivity index (χ3v) is 8.16. The summed E-state index contributed by atoms with van der Waals surface area (Å²) in [6.45, 7) is 5.92. The van der Waals surface area contributed by atoms with Crippen molar-refractivity contribution in [3.8, 4) is 5.75 Å². The Morgan fingerprint density at radius 1 is 1.23 bits per heavy atom. The fraction of sp³-hybridized carbons (Fsp3) is 0.533. The standard InChI is InChI=1S/C30H40ClFN4O3/c1-19(2)26-22-10-9-21(32)18-20(22)13-14-30(26,39-29(37)35(3)4)15-17-36(5)16-7-8-25-33-27-23(31)11-12-24(38-6)28(27)34-25/h9-12,18-19,26H,7-8,13-17H2,1-6H3,(H,33,34)/t26-,30-/m0/s1. The molecule has 0 saturated heterocycles. The molecule has 0 saturated carbocycles. The minimum atomic E-state index is -0.666.